The highest BCUT2D eigenvalue weighted by atomic mass is 79.9. The van der Waals surface area contributed by atoms with E-state index in [1.54, 1.807) is 10.8 Å². The lowest BCUT2D eigenvalue weighted by Crippen LogP contribution is -2.29. The zero-order chi connectivity index (χ0) is 14.8. The maximum Gasteiger partial charge on any atom is 0.421 e. The summed E-state index contributed by atoms with van der Waals surface area (Å²) in [5.74, 6) is 0. The van der Waals surface area contributed by atoms with Crippen molar-refractivity contribution in [1.29, 1.82) is 0 Å². The van der Waals surface area contributed by atoms with Crippen LogP contribution in [0.5, 0.6) is 0 Å². The Bertz CT molecular complexity index is 763. The first-order valence-corrected chi connectivity index (χ1v) is 8.08. The predicted octanol–water partition coefficient (Wildman–Crippen LogP) is 1.58. The molecular weight excluding hydrogens is 350 g/mol. The quantitative estimate of drug-likeness (QED) is 0.892. The number of aromatic nitrogens is 2. The number of nitrogens with one attached hydrogen (secondary N) is 1. The Morgan fingerprint density at radius 3 is 2.85 bits per heavy atom. The van der Waals surface area contributed by atoms with Crippen LogP contribution >= 0.6 is 15.9 Å². The molecular formula is C11H10BrN3O4S. The molecule has 9 heteroatoms. The molecule has 20 heavy (non-hydrogen) atoms. The Labute approximate surface area is 123 Å². The second kappa shape index (κ2) is 5.71. The van der Waals surface area contributed by atoms with Crippen molar-refractivity contribution in [3.63, 3.8) is 0 Å². The van der Waals surface area contributed by atoms with E-state index in [2.05, 4.69) is 25.9 Å². The number of nitrogens with zero attached hydrogens (tertiary/aromatic N) is 2. The molecule has 0 spiro atoms. The Kier molecular flexibility index (Phi) is 4.19. The molecule has 7 nitrogen and oxygen atoms in total. The summed E-state index contributed by atoms with van der Waals surface area (Å²) in [6, 6.07) is 5.40. The summed E-state index contributed by atoms with van der Waals surface area (Å²) in [6.07, 6.45) is 1.27. The fourth-order valence-electron chi connectivity index (χ4n) is 1.41. The summed E-state index contributed by atoms with van der Waals surface area (Å²) >= 11 is 3.33. The van der Waals surface area contributed by atoms with Gasteiger partial charge >= 0.3 is 6.09 Å². The Hall–Kier alpha value is -1.74. The highest BCUT2D eigenvalue weighted by molar-refractivity contribution is 9.10. The number of amides is 1. The van der Waals surface area contributed by atoms with Gasteiger partial charge in [-0.15, -0.1) is 0 Å². The van der Waals surface area contributed by atoms with E-state index < -0.39 is 16.1 Å². The molecule has 0 aliphatic carbocycles. The number of rotatable bonds is 3. The van der Waals surface area contributed by atoms with Crippen LogP contribution in [0.15, 0.2) is 28.9 Å². The van der Waals surface area contributed by atoms with E-state index in [-0.39, 0.29) is 6.61 Å². The lowest BCUT2D eigenvalue weighted by molar-refractivity contribution is 0.144. The molecule has 0 saturated heterocycles. The van der Waals surface area contributed by atoms with Crippen molar-refractivity contribution >= 4 is 43.1 Å². The van der Waals surface area contributed by atoms with Gasteiger partial charge in [-0.25, -0.2) is 22.9 Å². The van der Waals surface area contributed by atoms with Crippen LogP contribution in [0.4, 0.5) is 4.79 Å². The summed E-state index contributed by atoms with van der Waals surface area (Å²) in [4.78, 5) is 19.6. The first-order valence-electron chi connectivity index (χ1n) is 5.39. The predicted molar refractivity (Wildman–Crippen MR) is 75.4 cm³/mol. The number of halogens is 1. The number of hydrogen-bond donors (Lipinski definition) is 1. The number of hydrogen-bond acceptors (Lipinski definition) is 6. The molecule has 0 aliphatic rings. The van der Waals surface area contributed by atoms with Gasteiger partial charge in [-0.3, -0.25) is 4.98 Å². The van der Waals surface area contributed by atoms with E-state index in [1.165, 1.54) is 6.20 Å². The number of ether oxygens (including phenoxy) is 1. The molecule has 0 atom stereocenters. The minimum absolute atomic E-state index is 0.166. The van der Waals surface area contributed by atoms with Gasteiger partial charge in [-0.1, -0.05) is 15.9 Å². The number of carbonyl (C=O) groups is 1. The third-order valence-corrected chi connectivity index (χ3v) is 3.20. The molecule has 106 valence electrons. The third kappa shape index (κ3) is 4.14. The summed E-state index contributed by atoms with van der Waals surface area (Å²) in [7, 11) is -3.63. The van der Waals surface area contributed by atoms with Gasteiger partial charge in [0.25, 0.3) is 0 Å². The van der Waals surface area contributed by atoms with Gasteiger partial charge in [0, 0.05) is 4.47 Å². The average Bonchev–Trinajstić information content (AvgIpc) is 2.34. The van der Waals surface area contributed by atoms with Gasteiger partial charge in [0.15, 0.2) is 0 Å². The fraction of sp³-hybridized carbons (Fsp3) is 0.182. The van der Waals surface area contributed by atoms with Crippen LogP contribution in [0.2, 0.25) is 0 Å². The maximum atomic E-state index is 11.2. The Morgan fingerprint density at radius 1 is 1.40 bits per heavy atom. The van der Waals surface area contributed by atoms with Crippen LogP contribution in [0, 0.1) is 0 Å². The number of sulfonamides is 1. The van der Waals surface area contributed by atoms with E-state index in [9.17, 15) is 13.2 Å². The van der Waals surface area contributed by atoms with E-state index in [1.807, 2.05) is 12.1 Å². The van der Waals surface area contributed by atoms with Crippen LogP contribution in [0.3, 0.4) is 0 Å². The van der Waals surface area contributed by atoms with E-state index in [0.29, 0.717) is 16.7 Å². The van der Waals surface area contributed by atoms with Gasteiger partial charge in [-0.05, 0) is 18.2 Å². The normalized spacial score (nSPS) is 11.3. The van der Waals surface area contributed by atoms with Crippen molar-refractivity contribution in [2.24, 2.45) is 0 Å². The summed E-state index contributed by atoms with van der Waals surface area (Å²) in [6.45, 7) is -0.166. The molecule has 1 amide bonds. The van der Waals surface area contributed by atoms with Gasteiger partial charge in [0.05, 0.1) is 29.2 Å². The standard InChI is InChI=1S/C11H10BrN3O4S/c1-20(17,18)15-11(16)19-6-8-5-13-10-4-7(12)2-3-9(10)14-8/h2-5H,6H2,1H3,(H,15,16). The number of benzene rings is 1. The molecule has 0 bridgehead atoms. The minimum atomic E-state index is -3.63. The molecule has 1 aromatic heterocycles. The van der Waals surface area contributed by atoms with Crippen molar-refractivity contribution in [3.05, 3.63) is 34.6 Å². The smallest absolute Gasteiger partial charge is 0.421 e. The molecule has 1 N–H and O–H groups in total. The molecule has 1 heterocycles. The first kappa shape index (κ1) is 14.7. The largest absolute Gasteiger partial charge is 0.442 e. The Balaban J connectivity index is 2.07. The van der Waals surface area contributed by atoms with Crippen LogP contribution in [0.25, 0.3) is 11.0 Å². The van der Waals surface area contributed by atoms with Gasteiger partial charge < -0.3 is 4.74 Å². The minimum Gasteiger partial charge on any atom is -0.442 e. The number of carbonyl (C=O) groups excluding carboxylic acids is 1. The SMILES string of the molecule is CS(=O)(=O)NC(=O)OCc1cnc2cc(Br)ccc2n1. The summed E-state index contributed by atoms with van der Waals surface area (Å²) < 4.78 is 28.9. The van der Waals surface area contributed by atoms with Gasteiger partial charge in [0.2, 0.25) is 10.0 Å². The van der Waals surface area contributed by atoms with Gasteiger partial charge in [0.1, 0.15) is 6.61 Å². The van der Waals surface area contributed by atoms with Crippen LogP contribution in [-0.2, 0) is 21.4 Å². The lowest BCUT2D eigenvalue weighted by Gasteiger charge is -2.05. The highest BCUT2D eigenvalue weighted by Crippen LogP contribution is 2.16. The second-order valence-corrected chi connectivity index (χ2v) is 6.61. The molecule has 0 fully saturated rings. The van der Waals surface area contributed by atoms with E-state index in [4.69, 9.17) is 4.74 Å². The van der Waals surface area contributed by atoms with Crippen molar-refractivity contribution in [1.82, 2.24) is 14.7 Å². The van der Waals surface area contributed by atoms with Crippen LogP contribution < -0.4 is 4.72 Å². The third-order valence-electron chi connectivity index (χ3n) is 2.17. The first-order chi connectivity index (χ1) is 9.33. The molecule has 0 saturated carbocycles. The molecule has 0 radical (unpaired) electrons. The summed E-state index contributed by atoms with van der Waals surface area (Å²) in [5.41, 5.74) is 1.77. The van der Waals surface area contributed by atoms with E-state index >= 15 is 0 Å². The monoisotopic (exact) mass is 359 g/mol. The van der Waals surface area contributed by atoms with Crippen molar-refractivity contribution in [2.45, 2.75) is 6.61 Å². The summed E-state index contributed by atoms with van der Waals surface area (Å²) in [5, 5.41) is 0. The van der Waals surface area contributed by atoms with Crippen molar-refractivity contribution in [2.75, 3.05) is 6.26 Å². The molecule has 1 aromatic carbocycles. The average molecular weight is 360 g/mol. The van der Waals surface area contributed by atoms with Gasteiger partial charge in [-0.2, -0.15) is 0 Å². The lowest BCUT2D eigenvalue weighted by atomic mass is 10.3. The zero-order valence-electron chi connectivity index (χ0n) is 10.3. The second-order valence-electron chi connectivity index (χ2n) is 3.94. The highest BCUT2D eigenvalue weighted by Gasteiger charge is 2.10. The molecule has 2 aromatic rings. The van der Waals surface area contributed by atoms with E-state index in [0.717, 1.165) is 10.7 Å². The topological polar surface area (TPSA) is 98.2 Å². The number of fused-ring (bicyclic) bond motifs is 1. The van der Waals surface area contributed by atoms with Crippen LogP contribution in [-0.4, -0.2) is 30.7 Å². The molecule has 0 aliphatic heterocycles. The molecule has 0 unspecified atom stereocenters. The maximum absolute atomic E-state index is 11.2. The Morgan fingerprint density at radius 2 is 2.15 bits per heavy atom. The fourth-order valence-corrected chi connectivity index (χ4v) is 2.12. The van der Waals surface area contributed by atoms with Crippen LogP contribution in [0.1, 0.15) is 5.69 Å². The van der Waals surface area contributed by atoms with Crippen molar-refractivity contribution in [3.8, 4) is 0 Å². The van der Waals surface area contributed by atoms with Crippen molar-refractivity contribution < 1.29 is 17.9 Å². The zero-order valence-corrected chi connectivity index (χ0v) is 12.7. The molecule has 2 rings (SSSR count).